The van der Waals surface area contributed by atoms with Crippen molar-refractivity contribution in [3.63, 3.8) is 0 Å². The van der Waals surface area contributed by atoms with Crippen LogP contribution >= 0.6 is 0 Å². The minimum Gasteiger partial charge on any atom is -0.475 e. The van der Waals surface area contributed by atoms with Gasteiger partial charge in [-0.15, -0.1) is 0 Å². The number of benzene rings is 4. The number of alkyl halides is 3. The standard InChI is InChI=1S/C31H30N6O4.C2HF3O2/c1-19(20-10-12-22(13-11-20)29(38)35-25-7-5-6-23(18-25)30(39)41-2)34-26-8-3-4-9-27(26)37-31(40)36-24-16-14-21(15-17-24)28(32)33;3-2(4,5)1(6)7/h3-19,34H,1-2H3,(H3,32,33)(H,35,38)(H2,36,37,40);(H,6,7). The van der Waals surface area contributed by atoms with Crippen molar-refractivity contribution in [1.82, 2.24) is 0 Å². The number of hydrogen-bond donors (Lipinski definition) is 7. The molecule has 250 valence electrons. The number of carboxylic acid groups (broad SMARTS) is 1. The molecule has 15 heteroatoms. The zero-order chi connectivity index (χ0) is 35.4. The summed E-state index contributed by atoms with van der Waals surface area (Å²) in [7, 11) is 1.30. The van der Waals surface area contributed by atoms with E-state index in [2.05, 4.69) is 21.3 Å². The molecule has 0 saturated heterocycles. The summed E-state index contributed by atoms with van der Waals surface area (Å²) >= 11 is 0. The van der Waals surface area contributed by atoms with Gasteiger partial charge in [0.15, 0.2) is 0 Å². The normalized spacial score (nSPS) is 11.1. The zero-order valence-corrected chi connectivity index (χ0v) is 25.5. The molecule has 12 nitrogen and oxygen atoms in total. The third-order valence-electron chi connectivity index (χ3n) is 6.46. The van der Waals surface area contributed by atoms with Gasteiger partial charge in [-0.3, -0.25) is 10.2 Å². The smallest absolute Gasteiger partial charge is 0.475 e. The summed E-state index contributed by atoms with van der Waals surface area (Å²) in [6.07, 6.45) is -5.08. The van der Waals surface area contributed by atoms with Crippen LogP contribution in [0.4, 0.5) is 40.7 Å². The monoisotopic (exact) mass is 664 g/mol. The lowest BCUT2D eigenvalue weighted by atomic mass is 10.0. The van der Waals surface area contributed by atoms with Gasteiger partial charge in [-0.1, -0.05) is 30.3 Å². The van der Waals surface area contributed by atoms with Gasteiger partial charge in [0.25, 0.3) is 5.91 Å². The van der Waals surface area contributed by atoms with Gasteiger partial charge in [0.1, 0.15) is 5.84 Å². The summed E-state index contributed by atoms with van der Waals surface area (Å²) in [5, 5.41) is 26.4. The zero-order valence-electron chi connectivity index (χ0n) is 25.5. The van der Waals surface area contributed by atoms with Gasteiger partial charge in [0.05, 0.1) is 24.0 Å². The maximum absolute atomic E-state index is 12.8. The average Bonchev–Trinajstić information content (AvgIpc) is 3.05. The Labute approximate surface area is 272 Å². The number of amides is 3. The molecule has 1 atom stereocenters. The van der Waals surface area contributed by atoms with Crippen molar-refractivity contribution in [2.75, 3.05) is 28.4 Å². The van der Waals surface area contributed by atoms with Gasteiger partial charge in [-0.25, -0.2) is 14.4 Å². The molecular weight excluding hydrogens is 633 g/mol. The lowest BCUT2D eigenvalue weighted by Crippen LogP contribution is -2.21. The Hall–Kier alpha value is -6.38. The highest BCUT2D eigenvalue weighted by Gasteiger charge is 2.38. The Bertz CT molecular complexity index is 1780. The van der Waals surface area contributed by atoms with Crippen molar-refractivity contribution < 1.29 is 42.2 Å². The number of nitrogens with two attached hydrogens (primary N) is 1. The number of nitrogen functional groups attached to an aromatic ring is 1. The largest absolute Gasteiger partial charge is 0.490 e. The third kappa shape index (κ3) is 10.6. The topological polar surface area (TPSA) is 196 Å². The number of rotatable bonds is 9. The minimum atomic E-state index is -5.08. The van der Waals surface area contributed by atoms with Crippen LogP contribution < -0.4 is 27.0 Å². The summed E-state index contributed by atoms with van der Waals surface area (Å²) in [6, 6.07) is 27.1. The van der Waals surface area contributed by atoms with E-state index >= 15 is 0 Å². The highest BCUT2D eigenvalue weighted by molar-refractivity contribution is 6.05. The molecule has 0 aliphatic rings. The molecule has 8 N–H and O–H groups in total. The quantitative estimate of drug-likeness (QED) is 0.0601. The summed E-state index contributed by atoms with van der Waals surface area (Å²) in [5.74, 6) is -3.59. The molecule has 0 aromatic heterocycles. The number of aliphatic carboxylic acids is 1. The predicted octanol–water partition coefficient (Wildman–Crippen LogP) is 6.46. The number of urea groups is 1. The maximum atomic E-state index is 12.8. The van der Waals surface area contributed by atoms with Gasteiger partial charge >= 0.3 is 24.1 Å². The van der Waals surface area contributed by atoms with Crippen molar-refractivity contribution in [1.29, 1.82) is 5.41 Å². The number of esters is 1. The van der Waals surface area contributed by atoms with Crippen LogP contribution in [0.2, 0.25) is 0 Å². The SMILES string of the molecule is COC(=O)c1cccc(NC(=O)c2ccc(C(C)Nc3ccccc3NC(=O)Nc3ccc(C(=N)N)cc3)cc2)c1.O=C(O)C(F)(F)F. The third-order valence-corrected chi connectivity index (χ3v) is 6.46. The van der Waals surface area contributed by atoms with Crippen molar-refractivity contribution in [2.24, 2.45) is 5.73 Å². The van der Waals surface area contributed by atoms with E-state index in [4.69, 9.17) is 25.8 Å². The molecule has 0 heterocycles. The second kappa shape index (κ2) is 16.3. The molecule has 4 aromatic rings. The van der Waals surface area contributed by atoms with Crippen LogP contribution in [-0.2, 0) is 9.53 Å². The molecule has 48 heavy (non-hydrogen) atoms. The number of nitrogens with one attached hydrogen (secondary N) is 5. The molecule has 4 rings (SSSR count). The Balaban J connectivity index is 0.000000804. The summed E-state index contributed by atoms with van der Waals surface area (Å²) in [4.78, 5) is 46.0. The fourth-order valence-corrected chi connectivity index (χ4v) is 4.02. The lowest BCUT2D eigenvalue weighted by molar-refractivity contribution is -0.192. The number of carbonyl (C=O) groups excluding carboxylic acids is 3. The number of anilines is 4. The van der Waals surface area contributed by atoms with Crippen molar-refractivity contribution in [3.8, 4) is 0 Å². The summed E-state index contributed by atoms with van der Waals surface area (Å²) < 4.78 is 36.5. The van der Waals surface area contributed by atoms with Crippen LogP contribution in [0.15, 0.2) is 97.1 Å². The predicted molar refractivity (Wildman–Crippen MR) is 174 cm³/mol. The van der Waals surface area contributed by atoms with E-state index in [0.717, 1.165) is 11.3 Å². The molecule has 1 unspecified atom stereocenters. The number of halogens is 3. The minimum absolute atomic E-state index is 0.0456. The second-order valence-corrected chi connectivity index (χ2v) is 9.93. The van der Waals surface area contributed by atoms with Gasteiger partial charge in [-0.05, 0) is 79.2 Å². The van der Waals surface area contributed by atoms with Gasteiger partial charge in [0, 0.05) is 28.5 Å². The number of amidine groups is 1. The van der Waals surface area contributed by atoms with Crippen molar-refractivity contribution in [2.45, 2.75) is 19.1 Å². The van der Waals surface area contributed by atoms with E-state index in [1.165, 1.54) is 7.11 Å². The summed E-state index contributed by atoms with van der Waals surface area (Å²) in [5.41, 5.74) is 10.1. The molecule has 0 spiro atoms. The first-order chi connectivity index (χ1) is 22.7. The number of carbonyl (C=O) groups is 4. The van der Waals surface area contributed by atoms with E-state index in [-0.39, 0.29) is 17.8 Å². The molecule has 0 saturated carbocycles. The summed E-state index contributed by atoms with van der Waals surface area (Å²) in [6.45, 7) is 1.97. The molecule has 0 radical (unpaired) electrons. The highest BCUT2D eigenvalue weighted by Crippen LogP contribution is 2.27. The fourth-order valence-electron chi connectivity index (χ4n) is 4.02. The Kier molecular flexibility index (Phi) is 12.2. The number of para-hydroxylation sites is 2. The first-order valence-electron chi connectivity index (χ1n) is 14.0. The van der Waals surface area contributed by atoms with Crippen LogP contribution in [0.1, 0.15) is 44.8 Å². The van der Waals surface area contributed by atoms with E-state index in [1.54, 1.807) is 66.7 Å². The Morgan fingerprint density at radius 3 is 1.92 bits per heavy atom. The molecule has 0 aliphatic heterocycles. The number of hydrogen-bond acceptors (Lipinski definition) is 7. The van der Waals surface area contributed by atoms with Crippen LogP contribution in [0.3, 0.4) is 0 Å². The maximum Gasteiger partial charge on any atom is 0.490 e. The average molecular weight is 665 g/mol. The Morgan fingerprint density at radius 2 is 1.35 bits per heavy atom. The van der Waals surface area contributed by atoms with Crippen LogP contribution in [-0.4, -0.2) is 48.1 Å². The molecule has 0 fully saturated rings. The van der Waals surface area contributed by atoms with Gasteiger partial charge in [-0.2, -0.15) is 13.2 Å². The number of methoxy groups -OCH3 is 1. The van der Waals surface area contributed by atoms with E-state index in [0.29, 0.717) is 33.8 Å². The molecule has 3 amide bonds. The molecule has 4 aromatic carbocycles. The first kappa shape index (κ1) is 36.1. The van der Waals surface area contributed by atoms with Crippen molar-refractivity contribution >= 4 is 52.5 Å². The lowest BCUT2D eigenvalue weighted by Gasteiger charge is -2.19. The van der Waals surface area contributed by atoms with Gasteiger partial charge < -0.3 is 36.8 Å². The molecule has 0 bridgehead atoms. The van der Waals surface area contributed by atoms with Gasteiger partial charge in [0.2, 0.25) is 0 Å². The van der Waals surface area contributed by atoms with Crippen LogP contribution in [0.5, 0.6) is 0 Å². The first-order valence-corrected chi connectivity index (χ1v) is 14.0. The van der Waals surface area contributed by atoms with Crippen LogP contribution in [0.25, 0.3) is 0 Å². The second-order valence-electron chi connectivity index (χ2n) is 9.93. The van der Waals surface area contributed by atoms with E-state index in [9.17, 15) is 27.6 Å². The van der Waals surface area contributed by atoms with Crippen LogP contribution in [0, 0.1) is 5.41 Å². The highest BCUT2D eigenvalue weighted by atomic mass is 19.4. The van der Waals surface area contributed by atoms with E-state index < -0.39 is 24.1 Å². The fraction of sp³-hybridized carbons (Fsp3) is 0.121. The Morgan fingerprint density at radius 1 is 0.771 bits per heavy atom. The van der Waals surface area contributed by atoms with Crippen molar-refractivity contribution in [3.05, 3.63) is 119 Å². The van der Waals surface area contributed by atoms with E-state index in [1.807, 2.05) is 37.3 Å². The number of ether oxygens (including phenoxy) is 1. The molecular formula is C33H31F3N6O6. The molecule has 0 aliphatic carbocycles. The number of carboxylic acids is 1.